The molecule has 0 spiro atoms. The van der Waals surface area contributed by atoms with Gasteiger partial charge in [0.2, 0.25) is 5.95 Å². The van der Waals surface area contributed by atoms with E-state index in [1.807, 2.05) is 24.3 Å². The first kappa shape index (κ1) is 18.9. The third kappa shape index (κ3) is 4.65. The quantitative estimate of drug-likeness (QED) is 0.647. The monoisotopic (exact) mass is 358 g/mol. The first-order chi connectivity index (χ1) is 12.7. The molecule has 0 radical (unpaired) electrons. The topological polar surface area (TPSA) is 44.2 Å². The van der Waals surface area contributed by atoms with Crippen LogP contribution in [-0.2, 0) is 15.9 Å². The van der Waals surface area contributed by atoms with Gasteiger partial charge in [-0.15, -0.1) is 0 Å². The van der Waals surface area contributed by atoms with Crippen LogP contribution in [0.3, 0.4) is 0 Å². The summed E-state index contributed by atoms with van der Waals surface area (Å²) in [5.74, 6) is 0.578. The molecule has 1 aliphatic rings. The van der Waals surface area contributed by atoms with Crippen molar-refractivity contribution < 1.29 is 13.9 Å². The van der Waals surface area contributed by atoms with Gasteiger partial charge in [-0.1, -0.05) is 51.0 Å². The summed E-state index contributed by atoms with van der Waals surface area (Å²) in [6.07, 6.45) is 6.22. The summed E-state index contributed by atoms with van der Waals surface area (Å²) in [5.41, 5.74) is 2.13. The molecule has 3 rings (SSSR count). The number of rotatable bonds is 7. The number of hydrogen-bond donors (Lipinski definition) is 0. The fraction of sp³-hybridized carbons (Fsp3) is 0.524. The predicted molar refractivity (Wildman–Crippen MR) is 99.1 cm³/mol. The Morgan fingerprint density at radius 1 is 1.08 bits per heavy atom. The lowest BCUT2D eigenvalue weighted by Crippen LogP contribution is -2.26. The van der Waals surface area contributed by atoms with E-state index < -0.39 is 5.95 Å². The lowest BCUT2D eigenvalue weighted by atomic mass is 10.0. The van der Waals surface area contributed by atoms with Gasteiger partial charge in [-0.05, 0) is 18.4 Å². The predicted octanol–water partition coefficient (Wildman–Crippen LogP) is 5.09. The van der Waals surface area contributed by atoms with E-state index in [0.29, 0.717) is 23.7 Å². The van der Waals surface area contributed by atoms with Crippen LogP contribution >= 0.6 is 0 Å². The normalized spacial score (nSPS) is 20.3. The number of ether oxygens (including phenoxy) is 2. The van der Waals surface area contributed by atoms with E-state index in [9.17, 15) is 4.39 Å². The van der Waals surface area contributed by atoms with Crippen molar-refractivity contribution in [2.75, 3.05) is 13.2 Å². The second kappa shape index (κ2) is 9.19. The Morgan fingerprint density at radius 2 is 1.81 bits per heavy atom. The highest BCUT2D eigenvalue weighted by atomic mass is 19.1. The Morgan fingerprint density at radius 3 is 2.42 bits per heavy atom. The third-order valence-corrected chi connectivity index (χ3v) is 4.70. The Hall–Kier alpha value is -1.85. The first-order valence-corrected chi connectivity index (χ1v) is 9.56. The van der Waals surface area contributed by atoms with E-state index >= 15 is 0 Å². The van der Waals surface area contributed by atoms with Crippen LogP contribution < -0.4 is 0 Å². The van der Waals surface area contributed by atoms with Crippen molar-refractivity contribution in [1.29, 1.82) is 0 Å². The van der Waals surface area contributed by atoms with E-state index in [1.54, 1.807) is 6.20 Å². The van der Waals surface area contributed by atoms with Crippen LogP contribution in [0.25, 0.3) is 11.1 Å². The van der Waals surface area contributed by atoms with Gasteiger partial charge >= 0.3 is 0 Å². The first-order valence-electron chi connectivity index (χ1n) is 9.56. The van der Waals surface area contributed by atoms with Crippen LogP contribution in [0, 0.1) is 11.9 Å². The molecule has 0 bridgehead atoms. The smallest absolute Gasteiger partial charge is 0.224 e. The maximum Gasteiger partial charge on any atom is 0.224 e. The highest BCUT2D eigenvalue weighted by molar-refractivity contribution is 5.62. The molecule has 1 aliphatic heterocycles. The minimum atomic E-state index is -0.466. The maximum atomic E-state index is 14.3. The lowest BCUT2D eigenvalue weighted by molar-refractivity contribution is -0.206. The van der Waals surface area contributed by atoms with Crippen molar-refractivity contribution in [1.82, 2.24) is 9.97 Å². The molecule has 140 valence electrons. The van der Waals surface area contributed by atoms with Gasteiger partial charge in [0.05, 0.1) is 18.8 Å². The van der Waals surface area contributed by atoms with Crippen molar-refractivity contribution in [3.8, 4) is 11.1 Å². The molecule has 1 aromatic carbocycles. The van der Waals surface area contributed by atoms with E-state index in [4.69, 9.17) is 9.47 Å². The van der Waals surface area contributed by atoms with Crippen molar-refractivity contribution >= 4 is 0 Å². The van der Waals surface area contributed by atoms with Crippen molar-refractivity contribution in [3.05, 3.63) is 47.8 Å². The number of hydrogen-bond acceptors (Lipinski definition) is 4. The number of nitrogens with zero attached hydrogens (tertiary/aromatic N) is 2. The molecule has 0 amide bonds. The van der Waals surface area contributed by atoms with Gasteiger partial charge in [0.15, 0.2) is 6.29 Å². The van der Waals surface area contributed by atoms with E-state index in [2.05, 4.69) is 23.8 Å². The molecule has 26 heavy (non-hydrogen) atoms. The summed E-state index contributed by atoms with van der Waals surface area (Å²) in [6, 6.07) is 7.58. The molecule has 1 saturated heterocycles. The number of unbranched alkanes of at least 4 members (excludes halogenated alkanes) is 1. The summed E-state index contributed by atoms with van der Waals surface area (Å²) in [6.45, 7) is 5.71. The molecule has 2 heterocycles. The second-order valence-corrected chi connectivity index (χ2v) is 6.87. The lowest BCUT2D eigenvalue weighted by Gasteiger charge is -2.29. The van der Waals surface area contributed by atoms with Gasteiger partial charge in [-0.25, -0.2) is 9.97 Å². The molecule has 0 N–H and O–H groups in total. The third-order valence-electron chi connectivity index (χ3n) is 4.70. The molecule has 2 aromatic rings. The second-order valence-electron chi connectivity index (χ2n) is 6.87. The van der Waals surface area contributed by atoms with Crippen LogP contribution in [0.4, 0.5) is 4.39 Å². The van der Waals surface area contributed by atoms with Gasteiger partial charge in [0.25, 0.3) is 0 Å². The van der Waals surface area contributed by atoms with Gasteiger partial charge in [-0.3, -0.25) is 0 Å². The minimum Gasteiger partial charge on any atom is -0.348 e. The fourth-order valence-electron chi connectivity index (χ4n) is 3.17. The number of aromatic nitrogens is 2. The van der Waals surface area contributed by atoms with Crippen LogP contribution in [0.15, 0.2) is 30.5 Å². The summed E-state index contributed by atoms with van der Waals surface area (Å²) < 4.78 is 26.0. The van der Waals surface area contributed by atoms with Crippen LogP contribution in [0.1, 0.15) is 57.2 Å². The molecule has 0 atom stereocenters. The molecule has 1 aromatic heterocycles. The SMILES string of the molecule is CCCCc1ncc(-c2ccc(C3OCC(CCC)CO3)cc2)c(F)n1. The average Bonchev–Trinajstić information content (AvgIpc) is 2.68. The Labute approximate surface area is 154 Å². The van der Waals surface area contributed by atoms with Crippen molar-refractivity contribution in [3.63, 3.8) is 0 Å². The van der Waals surface area contributed by atoms with Crippen LogP contribution in [0.2, 0.25) is 0 Å². The van der Waals surface area contributed by atoms with Crippen LogP contribution in [-0.4, -0.2) is 23.2 Å². The zero-order valence-electron chi connectivity index (χ0n) is 15.6. The number of halogens is 1. The molecule has 1 fully saturated rings. The summed E-state index contributed by atoms with van der Waals surface area (Å²) in [7, 11) is 0. The molecule has 0 saturated carbocycles. The van der Waals surface area contributed by atoms with E-state index in [0.717, 1.165) is 50.0 Å². The van der Waals surface area contributed by atoms with E-state index in [-0.39, 0.29) is 6.29 Å². The molecule has 5 heteroatoms. The van der Waals surface area contributed by atoms with E-state index in [1.165, 1.54) is 0 Å². The maximum absolute atomic E-state index is 14.3. The zero-order chi connectivity index (χ0) is 18.4. The molecular formula is C21H27FN2O2. The number of benzene rings is 1. The summed E-state index contributed by atoms with van der Waals surface area (Å²) in [4.78, 5) is 8.29. The standard InChI is InChI=1S/C21H27FN2O2/c1-3-5-7-19-23-12-18(20(22)24-19)16-8-10-17(11-9-16)21-25-13-15(6-4-2)14-26-21/h8-12,15,21H,3-7,13-14H2,1-2H3. The molecule has 0 aliphatic carbocycles. The molecule has 0 unspecified atom stereocenters. The van der Waals surface area contributed by atoms with Crippen molar-refractivity contribution in [2.24, 2.45) is 5.92 Å². The Balaban J connectivity index is 1.66. The molecular weight excluding hydrogens is 331 g/mol. The fourth-order valence-corrected chi connectivity index (χ4v) is 3.17. The minimum absolute atomic E-state index is 0.338. The number of aryl methyl sites for hydroxylation is 1. The highest BCUT2D eigenvalue weighted by Gasteiger charge is 2.23. The van der Waals surface area contributed by atoms with Gasteiger partial charge in [0.1, 0.15) is 5.82 Å². The van der Waals surface area contributed by atoms with Gasteiger partial charge in [0, 0.05) is 24.1 Å². The molecule has 4 nitrogen and oxygen atoms in total. The summed E-state index contributed by atoms with van der Waals surface area (Å²) >= 11 is 0. The van der Waals surface area contributed by atoms with Crippen molar-refractivity contribution in [2.45, 2.75) is 52.2 Å². The largest absolute Gasteiger partial charge is 0.348 e. The Bertz CT molecular complexity index is 698. The highest BCUT2D eigenvalue weighted by Crippen LogP contribution is 2.29. The Kier molecular flexibility index (Phi) is 6.69. The summed E-state index contributed by atoms with van der Waals surface area (Å²) in [5, 5.41) is 0. The average molecular weight is 358 g/mol. The van der Waals surface area contributed by atoms with Crippen LogP contribution in [0.5, 0.6) is 0 Å². The van der Waals surface area contributed by atoms with Gasteiger partial charge < -0.3 is 9.47 Å². The van der Waals surface area contributed by atoms with Gasteiger partial charge in [-0.2, -0.15) is 4.39 Å². The zero-order valence-corrected chi connectivity index (χ0v) is 15.6.